The van der Waals surface area contributed by atoms with Crippen molar-refractivity contribution in [3.63, 3.8) is 0 Å². The minimum absolute atomic E-state index is 0.131. The first-order chi connectivity index (χ1) is 8.60. The number of aromatic nitrogens is 3. The molecule has 94 valence electrons. The van der Waals surface area contributed by atoms with Crippen LogP contribution in [-0.4, -0.2) is 25.5 Å². The zero-order chi connectivity index (χ0) is 13.1. The van der Waals surface area contributed by atoms with Crippen LogP contribution in [0.3, 0.4) is 0 Å². The van der Waals surface area contributed by atoms with Gasteiger partial charge >= 0.3 is 5.69 Å². The van der Waals surface area contributed by atoms with Gasteiger partial charge in [0.25, 0.3) is 5.91 Å². The van der Waals surface area contributed by atoms with E-state index >= 15 is 0 Å². The predicted octanol–water partition coefficient (Wildman–Crippen LogP) is -0.147. The van der Waals surface area contributed by atoms with Crippen molar-refractivity contribution in [3.8, 4) is 0 Å². The van der Waals surface area contributed by atoms with E-state index in [1.165, 1.54) is 17.0 Å². The highest BCUT2D eigenvalue weighted by atomic mass is 16.3. The fourth-order valence-corrected chi connectivity index (χ4v) is 1.43. The second-order valence-corrected chi connectivity index (χ2v) is 3.75. The van der Waals surface area contributed by atoms with Crippen LogP contribution in [0.2, 0.25) is 0 Å². The summed E-state index contributed by atoms with van der Waals surface area (Å²) in [6.07, 6.45) is 2.88. The maximum Gasteiger partial charge on any atom is 0.325 e. The Morgan fingerprint density at radius 1 is 1.61 bits per heavy atom. The molecule has 0 aliphatic carbocycles. The summed E-state index contributed by atoms with van der Waals surface area (Å²) in [5.41, 5.74) is 0.428. The number of imidazole rings is 1. The van der Waals surface area contributed by atoms with Crippen LogP contribution in [0.5, 0.6) is 0 Å². The number of aliphatic hydroxyl groups is 1. The molecule has 0 fully saturated rings. The van der Waals surface area contributed by atoms with Crippen molar-refractivity contribution in [1.29, 1.82) is 0 Å². The monoisotopic (exact) mass is 248 g/mol. The summed E-state index contributed by atoms with van der Waals surface area (Å²) >= 11 is 0. The Morgan fingerprint density at radius 2 is 2.39 bits per heavy atom. The number of pyridine rings is 1. The van der Waals surface area contributed by atoms with Crippen molar-refractivity contribution in [3.05, 3.63) is 46.3 Å². The van der Waals surface area contributed by atoms with E-state index in [2.05, 4.69) is 15.3 Å². The van der Waals surface area contributed by atoms with E-state index in [1.54, 1.807) is 19.2 Å². The maximum absolute atomic E-state index is 11.8. The number of nitrogens with zero attached hydrogens (tertiary/aromatic N) is 2. The van der Waals surface area contributed by atoms with Gasteiger partial charge in [-0.2, -0.15) is 0 Å². The van der Waals surface area contributed by atoms with Crippen LogP contribution in [0.15, 0.2) is 29.3 Å². The van der Waals surface area contributed by atoms with Crippen LogP contribution < -0.4 is 11.0 Å². The first-order valence-corrected chi connectivity index (χ1v) is 5.23. The number of aryl methyl sites for hydroxylation is 1. The molecule has 0 aliphatic heterocycles. The summed E-state index contributed by atoms with van der Waals surface area (Å²) in [4.78, 5) is 29.3. The van der Waals surface area contributed by atoms with E-state index in [-0.39, 0.29) is 18.0 Å². The molecule has 7 heteroatoms. The van der Waals surface area contributed by atoms with Gasteiger partial charge in [-0.25, -0.2) is 9.78 Å². The number of hydrogen-bond acceptors (Lipinski definition) is 4. The molecule has 0 spiro atoms. The Labute approximate surface area is 102 Å². The van der Waals surface area contributed by atoms with Crippen LogP contribution in [0.4, 0.5) is 5.82 Å². The summed E-state index contributed by atoms with van der Waals surface area (Å²) in [7, 11) is 1.54. The van der Waals surface area contributed by atoms with Crippen LogP contribution in [-0.2, 0) is 13.7 Å². The predicted molar refractivity (Wildman–Crippen MR) is 64.1 cm³/mol. The zero-order valence-corrected chi connectivity index (χ0v) is 9.67. The highest BCUT2D eigenvalue weighted by Gasteiger charge is 2.10. The van der Waals surface area contributed by atoms with E-state index in [1.807, 2.05) is 0 Å². The fraction of sp³-hybridized carbons (Fsp3) is 0.182. The summed E-state index contributed by atoms with van der Waals surface area (Å²) in [6.45, 7) is -0.131. The van der Waals surface area contributed by atoms with Crippen LogP contribution in [0.25, 0.3) is 0 Å². The average molecular weight is 248 g/mol. The molecule has 2 heterocycles. The Kier molecular flexibility index (Phi) is 3.24. The van der Waals surface area contributed by atoms with Crippen LogP contribution in [0, 0.1) is 0 Å². The molecule has 2 aromatic rings. The lowest BCUT2D eigenvalue weighted by molar-refractivity contribution is 0.102. The van der Waals surface area contributed by atoms with Crippen molar-refractivity contribution < 1.29 is 9.90 Å². The molecular weight excluding hydrogens is 236 g/mol. The number of aromatic amines is 1. The third kappa shape index (κ3) is 2.46. The van der Waals surface area contributed by atoms with Gasteiger partial charge in [0.2, 0.25) is 0 Å². The number of anilines is 1. The molecule has 0 aliphatic rings. The first kappa shape index (κ1) is 12.1. The summed E-state index contributed by atoms with van der Waals surface area (Å²) in [6, 6.07) is 3.19. The second kappa shape index (κ2) is 4.84. The maximum atomic E-state index is 11.8. The largest absolute Gasteiger partial charge is 0.392 e. The summed E-state index contributed by atoms with van der Waals surface area (Å²) in [5.74, 6) is -0.147. The lowest BCUT2D eigenvalue weighted by atomic mass is 10.3. The number of hydrogen-bond donors (Lipinski definition) is 3. The molecule has 0 aromatic carbocycles. The number of carbonyl (C=O) groups excluding carboxylic acids is 1. The van der Waals surface area contributed by atoms with Gasteiger partial charge in [0.05, 0.1) is 6.61 Å². The highest BCUT2D eigenvalue weighted by molar-refractivity contribution is 6.02. The molecule has 2 rings (SSSR count). The molecule has 1 amide bonds. The van der Waals surface area contributed by atoms with Crippen molar-refractivity contribution in [2.24, 2.45) is 7.05 Å². The number of carbonyl (C=O) groups is 1. The fourth-order valence-electron chi connectivity index (χ4n) is 1.43. The Balaban J connectivity index is 2.18. The van der Waals surface area contributed by atoms with Gasteiger partial charge in [-0.05, 0) is 17.7 Å². The van der Waals surface area contributed by atoms with E-state index in [4.69, 9.17) is 5.11 Å². The van der Waals surface area contributed by atoms with Gasteiger partial charge in [-0.15, -0.1) is 0 Å². The van der Waals surface area contributed by atoms with E-state index in [0.717, 1.165) is 0 Å². The molecule has 0 unspecified atom stereocenters. The third-order valence-electron chi connectivity index (χ3n) is 2.38. The first-order valence-electron chi connectivity index (χ1n) is 5.23. The Hall–Kier alpha value is -2.41. The standard InChI is InChI=1S/C11H12N4O3/c1-15-5-8(13-11(15)18)10(17)14-9-4-7(6-16)2-3-12-9/h2-5,16H,6H2,1H3,(H,13,18)(H,12,14,17). The van der Waals surface area contributed by atoms with E-state index in [9.17, 15) is 9.59 Å². The molecule has 0 radical (unpaired) electrons. The number of aliphatic hydroxyl groups excluding tert-OH is 1. The van der Waals surface area contributed by atoms with Crippen LogP contribution >= 0.6 is 0 Å². The molecule has 2 aromatic heterocycles. The van der Waals surface area contributed by atoms with Gasteiger partial charge < -0.3 is 20.0 Å². The average Bonchev–Trinajstić information content (AvgIpc) is 2.70. The third-order valence-corrected chi connectivity index (χ3v) is 2.38. The number of H-pyrrole nitrogens is 1. The van der Waals surface area contributed by atoms with Gasteiger partial charge in [0, 0.05) is 19.4 Å². The molecule has 18 heavy (non-hydrogen) atoms. The van der Waals surface area contributed by atoms with E-state index in [0.29, 0.717) is 11.4 Å². The zero-order valence-electron chi connectivity index (χ0n) is 9.67. The summed E-state index contributed by atoms with van der Waals surface area (Å²) < 4.78 is 1.27. The number of nitrogens with one attached hydrogen (secondary N) is 2. The molecule has 0 saturated carbocycles. The number of rotatable bonds is 3. The van der Waals surface area contributed by atoms with Gasteiger partial charge in [-0.3, -0.25) is 4.79 Å². The Bertz CT molecular complexity index is 629. The van der Waals surface area contributed by atoms with Crippen LogP contribution in [0.1, 0.15) is 16.1 Å². The van der Waals surface area contributed by atoms with Crippen molar-refractivity contribution >= 4 is 11.7 Å². The topological polar surface area (TPSA) is 100 Å². The lowest BCUT2D eigenvalue weighted by Gasteiger charge is -2.03. The van der Waals surface area contributed by atoms with Gasteiger partial charge in [0.15, 0.2) is 0 Å². The molecule has 0 bridgehead atoms. The second-order valence-electron chi connectivity index (χ2n) is 3.75. The molecule has 0 atom stereocenters. The smallest absolute Gasteiger partial charge is 0.325 e. The molecule has 0 saturated heterocycles. The Morgan fingerprint density at radius 3 is 3.00 bits per heavy atom. The highest BCUT2D eigenvalue weighted by Crippen LogP contribution is 2.07. The normalized spacial score (nSPS) is 10.3. The molecule has 7 nitrogen and oxygen atoms in total. The van der Waals surface area contributed by atoms with Crippen molar-refractivity contribution in [2.75, 3.05) is 5.32 Å². The van der Waals surface area contributed by atoms with Crippen molar-refractivity contribution in [2.45, 2.75) is 6.61 Å². The van der Waals surface area contributed by atoms with E-state index < -0.39 is 5.91 Å². The molecule has 3 N–H and O–H groups in total. The van der Waals surface area contributed by atoms with Gasteiger partial charge in [-0.1, -0.05) is 0 Å². The number of amides is 1. The minimum atomic E-state index is -0.463. The quantitative estimate of drug-likeness (QED) is 0.703. The molecular formula is C11H12N4O3. The lowest BCUT2D eigenvalue weighted by Crippen LogP contribution is -2.15. The van der Waals surface area contributed by atoms with Crippen molar-refractivity contribution in [1.82, 2.24) is 14.5 Å². The summed E-state index contributed by atoms with van der Waals surface area (Å²) in [5, 5.41) is 11.5. The van der Waals surface area contributed by atoms with Gasteiger partial charge in [0.1, 0.15) is 11.5 Å². The SMILES string of the molecule is Cn1cc(C(=O)Nc2cc(CO)ccn2)[nH]c1=O. The minimum Gasteiger partial charge on any atom is -0.392 e.